The molecular formula is C17H21Br. The molecule has 1 aromatic carbocycles. The van der Waals surface area contributed by atoms with Crippen molar-refractivity contribution in [2.45, 2.75) is 52.9 Å². The predicted octanol–water partition coefficient (Wildman–Crippen LogP) is 5.47. The van der Waals surface area contributed by atoms with Crippen LogP contribution < -0.4 is 0 Å². The van der Waals surface area contributed by atoms with Crippen LogP contribution in [0.25, 0.3) is 6.08 Å². The summed E-state index contributed by atoms with van der Waals surface area (Å²) in [6, 6.07) is 2.32. The fraction of sp³-hybridized carbons (Fsp3) is 0.471. The fourth-order valence-electron chi connectivity index (χ4n) is 2.84. The van der Waals surface area contributed by atoms with Crippen LogP contribution in [0.3, 0.4) is 0 Å². The third-order valence-electron chi connectivity index (χ3n) is 3.65. The lowest BCUT2D eigenvalue weighted by atomic mass is 9.83. The van der Waals surface area contributed by atoms with Crippen LogP contribution in [0.1, 0.15) is 55.9 Å². The van der Waals surface area contributed by atoms with Gasteiger partial charge in [0.2, 0.25) is 0 Å². The molecule has 0 amide bonds. The molecule has 18 heavy (non-hydrogen) atoms. The highest BCUT2D eigenvalue weighted by Crippen LogP contribution is 2.35. The Bertz CT molecular complexity index is 517. The minimum absolute atomic E-state index is 1.07. The summed E-state index contributed by atoms with van der Waals surface area (Å²) < 4.78 is 1.32. The van der Waals surface area contributed by atoms with Gasteiger partial charge in [-0.1, -0.05) is 29.8 Å². The highest BCUT2D eigenvalue weighted by atomic mass is 79.9. The molecule has 0 spiro atoms. The molecule has 1 heteroatoms. The smallest absolute Gasteiger partial charge is 0.0213 e. The summed E-state index contributed by atoms with van der Waals surface area (Å²) in [5, 5.41) is 0. The van der Waals surface area contributed by atoms with Gasteiger partial charge in [-0.15, -0.1) is 5.73 Å². The minimum atomic E-state index is 1.07. The molecule has 96 valence electrons. The lowest BCUT2D eigenvalue weighted by molar-refractivity contribution is 0.680. The van der Waals surface area contributed by atoms with Crippen molar-refractivity contribution in [3.05, 3.63) is 44.1 Å². The Hall–Kier alpha value is -0.780. The molecule has 0 radical (unpaired) electrons. The molecule has 0 saturated heterocycles. The molecule has 0 bridgehead atoms. The summed E-state index contributed by atoms with van der Waals surface area (Å²) in [4.78, 5) is 0. The predicted molar refractivity (Wildman–Crippen MR) is 83.0 cm³/mol. The molecule has 0 saturated carbocycles. The third kappa shape index (κ3) is 2.48. The maximum absolute atomic E-state index is 3.74. The standard InChI is InChI=1S/C15H15Br.C2H6/c1-10-6-7-12-11(8-10)9-15(16)14-5-3-2-4-13(12)14;1-2/h7,9H,2-5,8H2,1H3;1-2H3. The molecule has 0 nitrogen and oxygen atoms in total. The zero-order valence-electron chi connectivity index (χ0n) is 11.6. The summed E-state index contributed by atoms with van der Waals surface area (Å²) in [7, 11) is 0. The largest absolute Gasteiger partial charge is 0.121 e. The maximum atomic E-state index is 3.74. The van der Waals surface area contributed by atoms with Crippen molar-refractivity contribution in [1.29, 1.82) is 0 Å². The van der Waals surface area contributed by atoms with Crippen molar-refractivity contribution in [3.63, 3.8) is 0 Å². The van der Waals surface area contributed by atoms with E-state index in [2.05, 4.69) is 40.7 Å². The molecule has 0 unspecified atom stereocenters. The van der Waals surface area contributed by atoms with E-state index in [9.17, 15) is 0 Å². The van der Waals surface area contributed by atoms with Crippen LogP contribution in [0.2, 0.25) is 0 Å². The van der Waals surface area contributed by atoms with E-state index in [4.69, 9.17) is 0 Å². The molecule has 0 fully saturated rings. The second-order valence-corrected chi connectivity index (χ2v) is 5.70. The Morgan fingerprint density at radius 3 is 2.50 bits per heavy atom. The number of hydrogen-bond acceptors (Lipinski definition) is 0. The van der Waals surface area contributed by atoms with Gasteiger partial charge in [0, 0.05) is 10.9 Å². The Morgan fingerprint density at radius 1 is 1.11 bits per heavy atom. The van der Waals surface area contributed by atoms with Crippen molar-refractivity contribution >= 4 is 22.0 Å². The van der Waals surface area contributed by atoms with E-state index in [0.29, 0.717) is 0 Å². The molecular weight excluding hydrogens is 284 g/mol. The number of fused-ring (bicyclic) bond motifs is 3. The molecule has 0 N–H and O–H groups in total. The number of hydrogen-bond donors (Lipinski definition) is 0. The number of rotatable bonds is 0. The Kier molecular flexibility index (Phi) is 4.48. The normalized spacial score (nSPS) is 16.1. The van der Waals surface area contributed by atoms with Gasteiger partial charge in [-0.05, 0) is 72.6 Å². The Balaban J connectivity index is 0.000000574. The first-order chi connectivity index (χ1) is 8.75. The molecule has 0 aromatic heterocycles. The SMILES string of the molecule is CC.CC1=C=Cc2c(cc(Br)c3c2CCCC3)C1. The van der Waals surface area contributed by atoms with E-state index in [1.807, 2.05) is 13.8 Å². The van der Waals surface area contributed by atoms with Gasteiger partial charge in [0.1, 0.15) is 0 Å². The van der Waals surface area contributed by atoms with Crippen LogP contribution in [0.4, 0.5) is 0 Å². The van der Waals surface area contributed by atoms with E-state index in [1.165, 1.54) is 46.9 Å². The fourth-order valence-corrected chi connectivity index (χ4v) is 3.55. The second kappa shape index (κ2) is 5.91. The van der Waals surface area contributed by atoms with Crippen molar-refractivity contribution in [1.82, 2.24) is 0 Å². The van der Waals surface area contributed by atoms with Gasteiger partial charge in [-0.2, -0.15) is 0 Å². The van der Waals surface area contributed by atoms with Crippen LogP contribution in [-0.2, 0) is 19.3 Å². The first-order valence-electron chi connectivity index (χ1n) is 7.01. The summed E-state index contributed by atoms with van der Waals surface area (Å²) >= 11 is 3.74. The quantitative estimate of drug-likeness (QED) is 0.558. The molecule has 2 aliphatic rings. The number of benzene rings is 1. The van der Waals surface area contributed by atoms with Crippen molar-refractivity contribution in [2.24, 2.45) is 0 Å². The van der Waals surface area contributed by atoms with E-state index < -0.39 is 0 Å². The first-order valence-corrected chi connectivity index (χ1v) is 7.80. The molecule has 0 atom stereocenters. The van der Waals surface area contributed by atoms with Crippen LogP contribution in [0.5, 0.6) is 0 Å². The summed E-state index contributed by atoms with van der Waals surface area (Å²) in [5.74, 6) is 0. The average Bonchev–Trinajstić information content (AvgIpc) is 2.41. The Morgan fingerprint density at radius 2 is 1.78 bits per heavy atom. The first kappa shape index (κ1) is 13.6. The van der Waals surface area contributed by atoms with Crippen molar-refractivity contribution in [2.75, 3.05) is 0 Å². The molecule has 2 aliphatic carbocycles. The van der Waals surface area contributed by atoms with Crippen LogP contribution in [0, 0.1) is 0 Å². The highest BCUT2D eigenvalue weighted by Gasteiger charge is 2.19. The number of halogens is 1. The summed E-state index contributed by atoms with van der Waals surface area (Å²) in [6.07, 6.45) is 8.42. The lowest BCUT2D eigenvalue weighted by Crippen LogP contribution is -2.09. The number of allylic oxidation sites excluding steroid dienone is 1. The van der Waals surface area contributed by atoms with Crippen LogP contribution in [-0.4, -0.2) is 0 Å². The zero-order valence-corrected chi connectivity index (χ0v) is 13.2. The van der Waals surface area contributed by atoms with E-state index in [-0.39, 0.29) is 0 Å². The van der Waals surface area contributed by atoms with Crippen LogP contribution >= 0.6 is 15.9 Å². The lowest BCUT2D eigenvalue weighted by Gasteiger charge is -2.23. The molecule has 0 heterocycles. The van der Waals surface area contributed by atoms with Gasteiger partial charge in [0.25, 0.3) is 0 Å². The van der Waals surface area contributed by atoms with Gasteiger partial charge in [-0.25, -0.2) is 0 Å². The molecule has 0 aliphatic heterocycles. The Labute approximate surface area is 119 Å². The monoisotopic (exact) mass is 304 g/mol. The van der Waals surface area contributed by atoms with E-state index >= 15 is 0 Å². The topological polar surface area (TPSA) is 0 Å². The van der Waals surface area contributed by atoms with Crippen LogP contribution in [0.15, 0.2) is 21.8 Å². The highest BCUT2D eigenvalue weighted by molar-refractivity contribution is 9.10. The zero-order chi connectivity index (χ0) is 13.1. The molecule has 1 aromatic rings. The van der Waals surface area contributed by atoms with Gasteiger partial charge >= 0.3 is 0 Å². The average molecular weight is 305 g/mol. The van der Waals surface area contributed by atoms with Gasteiger partial charge in [-0.3, -0.25) is 0 Å². The molecule has 3 rings (SSSR count). The van der Waals surface area contributed by atoms with E-state index in [1.54, 1.807) is 11.1 Å². The van der Waals surface area contributed by atoms with Gasteiger partial charge in [0.05, 0.1) is 0 Å². The van der Waals surface area contributed by atoms with Gasteiger partial charge in [0.15, 0.2) is 0 Å². The van der Waals surface area contributed by atoms with Crippen molar-refractivity contribution in [3.8, 4) is 0 Å². The summed E-state index contributed by atoms with van der Waals surface area (Å²) in [5.41, 5.74) is 10.8. The second-order valence-electron chi connectivity index (χ2n) is 4.84. The minimum Gasteiger partial charge on any atom is -0.121 e. The maximum Gasteiger partial charge on any atom is 0.0213 e. The van der Waals surface area contributed by atoms with Crippen molar-refractivity contribution < 1.29 is 0 Å². The van der Waals surface area contributed by atoms with E-state index in [0.717, 1.165) is 6.42 Å². The summed E-state index contributed by atoms with van der Waals surface area (Å²) in [6.45, 7) is 6.16. The third-order valence-corrected chi connectivity index (χ3v) is 4.35. The van der Waals surface area contributed by atoms with Gasteiger partial charge < -0.3 is 0 Å².